The molecule has 7 heteroatoms. The maximum atomic E-state index is 12.9. The number of likely N-dealkylation sites (tertiary alicyclic amines) is 1. The molecule has 0 spiro atoms. The molecule has 0 aromatic heterocycles. The Labute approximate surface area is 163 Å². The van der Waals surface area contributed by atoms with E-state index in [0.29, 0.717) is 18.0 Å². The quantitative estimate of drug-likeness (QED) is 0.802. The Kier molecular flexibility index (Phi) is 7.05. The van der Waals surface area contributed by atoms with Crippen LogP contribution in [0.15, 0.2) is 4.90 Å². The molecule has 1 aromatic rings. The second-order valence-electron chi connectivity index (χ2n) is 7.42. The van der Waals surface area contributed by atoms with Gasteiger partial charge in [-0.1, -0.05) is 0 Å². The molecule has 6 nitrogen and oxygen atoms in total. The molecule has 27 heavy (non-hydrogen) atoms. The van der Waals surface area contributed by atoms with Crippen molar-refractivity contribution in [2.75, 3.05) is 26.7 Å². The summed E-state index contributed by atoms with van der Waals surface area (Å²) in [6.07, 6.45) is 2.04. The Balaban J connectivity index is 2.03. The first-order valence-corrected chi connectivity index (χ1v) is 11.0. The van der Waals surface area contributed by atoms with Crippen molar-refractivity contribution in [1.29, 1.82) is 0 Å². The average molecular weight is 397 g/mol. The lowest BCUT2D eigenvalue weighted by molar-refractivity contribution is -0.133. The van der Waals surface area contributed by atoms with E-state index in [0.717, 1.165) is 40.7 Å². The Morgan fingerprint density at radius 2 is 1.48 bits per heavy atom. The molecule has 1 N–H and O–H groups in total. The number of carbonyl (C=O) groups excluding carboxylic acids is 1. The molecule has 1 amide bonds. The summed E-state index contributed by atoms with van der Waals surface area (Å²) in [7, 11) is -1.97. The molecule has 0 bridgehead atoms. The fourth-order valence-electron chi connectivity index (χ4n) is 3.73. The van der Waals surface area contributed by atoms with Crippen molar-refractivity contribution in [3.05, 3.63) is 27.8 Å². The van der Waals surface area contributed by atoms with E-state index in [9.17, 15) is 13.2 Å². The Morgan fingerprint density at radius 3 is 1.96 bits per heavy atom. The molecule has 0 aliphatic carbocycles. The van der Waals surface area contributed by atoms with Crippen molar-refractivity contribution in [3.63, 3.8) is 0 Å². The van der Waals surface area contributed by atoms with Crippen LogP contribution in [0.1, 0.15) is 47.1 Å². The predicted molar refractivity (Wildman–Crippen MR) is 107 cm³/mol. The fraction of sp³-hybridized carbons (Fsp3) is 0.650. The average Bonchev–Trinajstić information content (AvgIpc) is 2.64. The number of piperidine rings is 1. The van der Waals surface area contributed by atoms with E-state index >= 15 is 0 Å². The molecular weight excluding hydrogens is 364 g/mol. The summed E-state index contributed by atoms with van der Waals surface area (Å²) in [5, 5.41) is 0. The summed E-state index contributed by atoms with van der Waals surface area (Å²) in [5.74, 6) is -0.0167. The van der Waals surface area contributed by atoms with Crippen LogP contribution >= 0.6 is 0 Å². The normalized spacial score (nSPS) is 16.0. The van der Waals surface area contributed by atoms with Crippen molar-refractivity contribution >= 4 is 15.9 Å². The van der Waals surface area contributed by atoms with Gasteiger partial charge in [-0.2, -0.15) is 0 Å². The number of amides is 1. The number of methoxy groups -OCH3 is 1. The number of sulfonamides is 1. The number of hydrogen-bond donors (Lipinski definition) is 1. The number of rotatable bonds is 6. The highest BCUT2D eigenvalue weighted by molar-refractivity contribution is 7.89. The zero-order valence-electron chi connectivity index (χ0n) is 17.3. The summed E-state index contributed by atoms with van der Waals surface area (Å²) in [5.41, 5.74) is 4.66. The third-order valence-corrected chi connectivity index (χ3v) is 7.69. The summed E-state index contributed by atoms with van der Waals surface area (Å²) >= 11 is 0. The SMILES string of the molecule is COC1CCN(C(=O)CCNS(=O)(=O)c2c(C)c(C)c(C)c(C)c2C)CC1. The lowest BCUT2D eigenvalue weighted by Gasteiger charge is -2.31. The van der Waals surface area contributed by atoms with Crippen LogP contribution in [0.3, 0.4) is 0 Å². The van der Waals surface area contributed by atoms with Crippen LogP contribution in [-0.2, 0) is 19.6 Å². The highest BCUT2D eigenvalue weighted by Crippen LogP contribution is 2.29. The fourth-order valence-corrected chi connectivity index (χ4v) is 5.36. The van der Waals surface area contributed by atoms with Crippen LogP contribution in [0, 0.1) is 34.6 Å². The van der Waals surface area contributed by atoms with Crippen molar-refractivity contribution in [1.82, 2.24) is 9.62 Å². The van der Waals surface area contributed by atoms with Crippen LogP contribution in [0.25, 0.3) is 0 Å². The van der Waals surface area contributed by atoms with E-state index in [4.69, 9.17) is 4.74 Å². The number of carbonyl (C=O) groups is 1. The monoisotopic (exact) mass is 396 g/mol. The van der Waals surface area contributed by atoms with Gasteiger partial charge in [0.15, 0.2) is 0 Å². The van der Waals surface area contributed by atoms with Crippen LogP contribution in [0.4, 0.5) is 0 Å². The predicted octanol–water partition coefficient (Wildman–Crippen LogP) is 2.53. The molecule has 1 aliphatic rings. The number of benzene rings is 1. The van der Waals surface area contributed by atoms with E-state index < -0.39 is 10.0 Å². The number of nitrogens with one attached hydrogen (secondary N) is 1. The first-order valence-electron chi connectivity index (χ1n) is 9.47. The molecular formula is C20H32N2O4S. The van der Waals surface area contributed by atoms with Gasteiger partial charge in [-0.25, -0.2) is 13.1 Å². The molecule has 1 aromatic carbocycles. The summed E-state index contributed by atoms with van der Waals surface area (Å²) in [4.78, 5) is 14.5. The molecule has 1 saturated heterocycles. The summed E-state index contributed by atoms with van der Waals surface area (Å²) in [6, 6.07) is 0. The second-order valence-corrected chi connectivity index (χ2v) is 9.12. The van der Waals surface area contributed by atoms with Crippen molar-refractivity contribution in [2.24, 2.45) is 0 Å². The Bertz CT molecular complexity index is 781. The van der Waals surface area contributed by atoms with E-state index in [-0.39, 0.29) is 25.0 Å². The molecule has 0 atom stereocenters. The van der Waals surface area contributed by atoms with E-state index in [1.54, 1.807) is 12.0 Å². The van der Waals surface area contributed by atoms with Crippen molar-refractivity contribution in [2.45, 2.75) is 64.9 Å². The van der Waals surface area contributed by atoms with Gasteiger partial charge in [0.1, 0.15) is 0 Å². The third kappa shape index (κ3) is 4.70. The zero-order valence-corrected chi connectivity index (χ0v) is 18.1. The standard InChI is InChI=1S/C20H32N2O4S/c1-13-14(2)16(4)20(17(5)15(13)3)27(24,25)21-10-7-19(23)22-11-8-18(26-6)9-12-22/h18,21H,7-12H2,1-6H3. The Morgan fingerprint density at radius 1 is 1.00 bits per heavy atom. The minimum atomic E-state index is -3.66. The van der Waals surface area contributed by atoms with Gasteiger partial charge in [0, 0.05) is 33.2 Å². The van der Waals surface area contributed by atoms with E-state index in [2.05, 4.69) is 4.72 Å². The zero-order chi connectivity index (χ0) is 20.4. The smallest absolute Gasteiger partial charge is 0.241 e. The van der Waals surface area contributed by atoms with Gasteiger partial charge in [0.05, 0.1) is 11.0 Å². The van der Waals surface area contributed by atoms with Gasteiger partial charge >= 0.3 is 0 Å². The van der Waals surface area contributed by atoms with Crippen LogP contribution < -0.4 is 4.72 Å². The molecule has 0 unspecified atom stereocenters. The molecule has 0 saturated carbocycles. The van der Waals surface area contributed by atoms with Crippen LogP contribution in [-0.4, -0.2) is 52.1 Å². The summed E-state index contributed by atoms with van der Waals surface area (Å²) in [6.45, 7) is 11.0. The van der Waals surface area contributed by atoms with Crippen LogP contribution in [0.2, 0.25) is 0 Å². The van der Waals surface area contributed by atoms with Gasteiger partial charge in [0.25, 0.3) is 0 Å². The van der Waals surface area contributed by atoms with Gasteiger partial charge < -0.3 is 9.64 Å². The molecule has 0 radical (unpaired) electrons. The van der Waals surface area contributed by atoms with Crippen molar-refractivity contribution in [3.8, 4) is 0 Å². The largest absolute Gasteiger partial charge is 0.381 e. The minimum Gasteiger partial charge on any atom is -0.381 e. The van der Waals surface area contributed by atoms with E-state index in [1.165, 1.54) is 0 Å². The maximum Gasteiger partial charge on any atom is 0.241 e. The van der Waals surface area contributed by atoms with Gasteiger partial charge in [0.2, 0.25) is 15.9 Å². The molecule has 152 valence electrons. The second kappa shape index (κ2) is 8.71. The highest BCUT2D eigenvalue weighted by Gasteiger charge is 2.25. The van der Waals surface area contributed by atoms with Crippen LogP contribution in [0.5, 0.6) is 0 Å². The van der Waals surface area contributed by atoms with Crippen molar-refractivity contribution < 1.29 is 17.9 Å². The van der Waals surface area contributed by atoms with Gasteiger partial charge in [-0.3, -0.25) is 4.79 Å². The molecule has 1 heterocycles. The number of ether oxygens (including phenoxy) is 1. The van der Waals surface area contributed by atoms with Gasteiger partial charge in [-0.05, 0) is 75.3 Å². The lowest BCUT2D eigenvalue weighted by Crippen LogP contribution is -2.41. The Hall–Kier alpha value is -1.44. The minimum absolute atomic E-state index is 0.0167. The topological polar surface area (TPSA) is 75.7 Å². The maximum absolute atomic E-state index is 12.9. The first-order chi connectivity index (χ1) is 12.6. The third-order valence-electron chi connectivity index (χ3n) is 5.96. The molecule has 1 aliphatic heterocycles. The summed E-state index contributed by atoms with van der Waals surface area (Å²) < 4.78 is 33.7. The first kappa shape index (κ1) is 21.9. The van der Waals surface area contributed by atoms with Gasteiger partial charge in [-0.15, -0.1) is 0 Å². The molecule has 1 fully saturated rings. The molecule has 2 rings (SSSR count). The number of nitrogens with zero attached hydrogens (tertiary/aromatic N) is 1. The number of hydrogen-bond acceptors (Lipinski definition) is 4. The lowest BCUT2D eigenvalue weighted by atomic mass is 9.95. The highest BCUT2D eigenvalue weighted by atomic mass is 32.2. The van der Waals surface area contributed by atoms with E-state index in [1.807, 2.05) is 34.6 Å².